The van der Waals surface area contributed by atoms with Crippen LogP contribution in [0.25, 0.3) is 0 Å². The number of hydrogen-bond acceptors (Lipinski definition) is 2. The third kappa shape index (κ3) is 3.47. The lowest BCUT2D eigenvalue weighted by atomic mass is 10.1. The van der Waals surface area contributed by atoms with Crippen LogP contribution >= 0.6 is 34.8 Å². The summed E-state index contributed by atoms with van der Waals surface area (Å²) in [5.74, 6) is 0.500. The fraction of sp³-hybridized carbons (Fsp3) is 0.143. The third-order valence-corrected chi connectivity index (χ3v) is 3.70. The molecule has 0 fully saturated rings. The molecular weight excluding hydrogens is 305 g/mol. The second kappa shape index (κ2) is 5.91. The first kappa shape index (κ1) is 14.3. The Balaban J connectivity index is 2.21. The van der Waals surface area contributed by atoms with Crippen molar-refractivity contribution in [1.29, 1.82) is 0 Å². The fourth-order valence-electron chi connectivity index (χ4n) is 1.62. The van der Waals surface area contributed by atoms with Gasteiger partial charge in [-0.25, -0.2) is 0 Å². The predicted octanol–water partition coefficient (Wildman–Crippen LogP) is 5.37. The van der Waals surface area contributed by atoms with Gasteiger partial charge in [0.15, 0.2) is 0 Å². The lowest BCUT2D eigenvalue weighted by Gasteiger charge is -2.16. The monoisotopic (exact) mass is 315 g/mol. The summed E-state index contributed by atoms with van der Waals surface area (Å²) < 4.78 is 5.79. The van der Waals surface area contributed by atoms with Crippen LogP contribution in [0.5, 0.6) is 5.75 Å². The fourth-order valence-corrected chi connectivity index (χ4v) is 2.20. The number of rotatable bonds is 3. The molecule has 0 bridgehead atoms. The highest BCUT2D eigenvalue weighted by molar-refractivity contribution is 6.43. The summed E-state index contributed by atoms with van der Waals surface area (Å²) in [4.78, 5) is 0. The van der Waals surface area contributed by atoms with E-state index in [1.807, 2.05) is 31.2 Å². The normalized spacial score (nSPS) is 12.2. The van der Waals surface area contributed by atoms with E-state index in [9.17, 15) is 0 Å². The Morgan fingerprint density at radius 2 is 1.53 bits per heavy atom. The average Bonchev–Trinajstić information content (AvgIpc) is 2.36. The molecule has 0 spiro atoms. The van der Waals surface area contributed by atoms with Crippen LogP contribution < -0.4 is 10.5 Å². The Labute approximate surface area is 127 Å². The van der Waals surface area contributed by atoms with Gasteiger partial charge in [0.25, 0.3) is 0 Å². The van der Waals surface area contributed by atoms with Gasteiger partial charge in [-0.1, -0.05) is 46.9 Å². The summed E-state index contributed by atoms with van der Waals surface area (Å²) in [6.07, 6.45) is -0.171. The average molecular weight is 317 g/mol. The van der Waals surface area contributed by atoms with Crippen LogP contribution in [0.4, 0.5) is 5.69 Å². The number of nitrogens with two attached hydrogens (primary N) is 1. The van der Waals surface area contributed by atoms with Crippen molar-refractivity contribution in [3.05, 3.63) is 57.0 Å². The zero-order valence-corrected chi connectivity index (χ0v) is 12.4. The quantitative estimate of drug-likeness (QED) is 0.610. The summed E-state index contributed by atoms with van der Waals surface area (Å²) in [5, 5.41) is 1.24. The molecule has 2 N–H and O–H groups in total. The number of nitrogen functional groups attached to an aromatic ring is 1. The van der Waals surface area contributed by atoms with Crippen molar-refractivity contribution in [3.63, 3.8) is 0 Å². The van der Waals surface area contributed by atoms with E-state index in [1.54, 1.807) is 12.1 Å². The minimum atomic E-state index is -0.171. The molecule has 1 atom stereocenters. The molecule has 0 saturated carbocycles. The molecule has 5 heteroatoms. The van der Waals surface area contributed by atoms with Crippen LogP contribution in [0, 0.1) is 0 Å². The molecule has 100 valence electrons. The molecule has 0 saturated heterocycles. The van der Waals surface area contributed by atoms with Crippen LogP contribution in [-0.2, 0) is 0 Å². The maximum Gasteiger partial charge on any atom is 0.140 e. The van der Waals surface area contributed by atoms with E-state index in [1.165, 1.54) is 0 Å². The Kier molecular flexibility index (Phi) is 4.46. The highest BCUT2D eigenvalue weighted by Crippen LogP contribution is 2.36. The molecule has 0 radical (unpaired) electrons. The number of halogens is 3. The minimum Gasteiger partial charge on any atom is -0.484 e. The lowest BCUT2D eigenvalue weighted by molar-refractivity contribution is 0.227. The summed E-state index contributed by atoms with van der Waals surface area (Å²) in [6, 6.07) is 10.6. The maximum absolute atomic E-state index is 6.07. The van der Waals surface area contributed by atoms with Gasteiger partial charge in [0, 0.05) is 11.8 Å². The van der Waals surface area contributed by atoms with E-state index in [0.29, 0.717) is 26.5 Å². The van der Waals surface area contributed by atoms with E-state index < -0.39 is 0 Å². The Morgan fingerprint density at radius 1 is 0.947 bits per heavy atom. The van der Waals surface area contributed by atoms with Crippen molar-refractivity contribution < 1.29 is 4.74 Å². The van der Waals surface area contributed by atoms with E-state index in [4.69, 9.17) is 45.3 Å². The van der Waals surface area contributed by atoms with Crippen molar-refractivity contribution in [2.24, 2.45) is 0 Å². The molecule has 2 aromatic rings. The van der Waals surface area contributed by atoms with Gasteiger partial charge >= 0.3 is 0 Å². The lowest BCUT2D eigenvalue weighted by Crippen LogP contribution is -2.03. The van der Waals surface area contributed by atoms with Gasteiger partial charge in [-0.2, -0.15) is 0 Å². The molecule has 1 unspecified atom stereocenters. The van der Waals surface area contributed by atoms with E-state index in [2.05, 4.69) is 0 Å². The summed E-state index contributed by atoms with van der Waals surface area (Å²) in [5.41, 5.74) is 7.35. The van der Waals surface area contributed by atoms with Crippen molar-refractivity contribution in [2.75, 3.05) is 5.73 Å². The van der Waals surface area contributed by atoms with E-state index >= 15 is 0 Å². The smallest absolute Gasteiger partial charge is 0.140 e. The van der Waals surface area contributed by atoms with Gasteiger partial charge in [0.1, 0.15) is 11.9 Å². The van der Waals surface area contributed by atoms with Crippen LogP contribution in [0.3, 0.4) is 0 Å². The molecule has 19 heavy (non-hydrogen) atoms. The van der Waals surface area contributed by atoms with E-state index in [0.717, 1.165) is 5.56 Å². The van der Waals surface area contributed by atoms with Crippen LogP contribution in [0.2, 0.25) is 15.1 Å². The summed E-state index contributed by atoms with van der Waals surface area (Å²) in [7, 11) is 0. The molecule has 0 aliphatic rings. The van der Waals surface area contributed by atoms with Crippen LogP contribution in [0.15, 0.2) is 36.4 Å². The van der Waals surface area contributed by atoms with E-state index in [-0.39, 0.29) is 6.10 Å². The predicted molar refractivity (Wildman–Crippen MR) is 81.4 cm³/mol. The first-order valence-corrected chi connectivity index (χ1v) is 6.77. The highest BCUT2D eigenvalue weighted by atomic mass is 35.5. The second-order valence-electron chi connectivity index (χ2n) is 4.12. The molecule has 2 rings (SSSR count). The number of ether oxygens (including phenoxy) is 1. The first-order chi connectivity index (χ1) is 8.97. The molecule has 0 aromatic heterocycles. The third-order valence-electron chi connectivity index (χ3n) is 2.68. The van der Waals surface area contributed by atoms with Crippen molar-refractivity contribution >= 4 is 40.5 Å². The number of hydrogen-bond donors (Lipinski definition) is 1. The number of benzene rings is 2. The van der Waals surface area contributed by atoms with Gasteiger partial charge in [-0.05, 0) is 30.7 Å². The Hall–Kier alpha value is -1.09. The standard InChI is InChI=1S/C14H12Cl3NO/c1-8(9-2-4-10(18)5-3-9)19-14-7-12(16)11(15)6-13(14)17/h2-8H,18H2,1H3. The zero-order chi connectivity index (χ0) is 14.0. The SMILES string of the molecule is CC(Oc1cc(Cl)c(Cl)cc1Cl)c1ccc(N)cc1. The molecule has 2 aromatic carbocycles. The second-order valence-corrected chi connectivity index (χ2v) is 5.35. The van der Waals surface area contributed by atoms with Gasteiger partial charge in [-0.15, -0.1) is 0 Å². The Bertz CT molecular complexity index is 584. The Morgan fingerprint density at radius 3 is 2.16 bits per heavy atom. The minimum absolute atomic E-state index is 0.171. The highest BCUT2D eigenvalue weighted by Gasteiger charge is 2.12. The van der Waals surface area contributed by atoms with Crippen molar-refractivity contribution in [2.45, 2.75) is 13.0 Å². The molecule has 0 amide bonds. The molecule has 0 aliphatic carbocycles. The largest absolute Gasteiger partial charge is 0.484 e. The van der Waals surface area contributed by atoms with Gasteiger partial charge in [-0.3, -0.25) is 0 Å². The summed E-state index contributed by atoms with van der Waals surface area (Å²) in [6.45, 7) is 1.92. The van der Waals surface area contributed by atoms with Crippen molar-refractivity contribution in [1.82, 2.24) is 0 Å². The maximum atomic E-state index is 6.07. The first-order valence-electron chi connectivity index (χ1n) is 5.64. The van der Waals surface area contributed by atoms with Crippen molar-refractivity contribution in [3.8, 4) is 5.75 Å². The van der Waals surface area contributed by atoms with Gasteiger partial charge in [0.05, 0.1) is 15.1 Å². The van der Waals surface area contributed by atoms with Crippen LogP contribution in [0.1, 0.15) is 18.6 Å². The molecule has 2 nitrogen and oxygen atoms in total. The molecular formula is C14H12Cl3NO. The summed E-state index contributed by atoms with van der Waals surface area (Å²) >= 11 is 17.9. The zero-order valence-electron chi connectivity index (χ0n) is 10.2. The van der Waals surface area contributed by atoms with Gasteiger partial charge < -0.3 is 10.5 Å². The number of anilines is 1. The molecule has 0 aliphatic heterocycles. The van der Waals surface area contributed by atoms with Gasteiger partial charge in [0.2, 0.25) is 0 Å². The topological polar surface area (TPSA) is 35.2 Å². The molecule has 0 heterocycles. The van der Waals surface area contributed by atoms with Crippen LogP contribution in [-0.4, -0.2) is 0 Å².